The number of fused-ring (bicyclic) bond motifs is 2. The highest BCUT2D eigenvalue weighted by Gasteiger charge is 2.35. The second kappa shape index (κ2) is 9.49. The average Bonchev–Trinajstić information content (AvgIpc) is 2.75. The van der Waals surface area contributed by atoms with Crippen molar-refractivity contribution in [3.63, 3.8) is 0 Å². The standard InChI is InChI=1S/C27H34F2O/c1-3-5-13-30-27-25(28)17-23-16-22(11-12-24(23)26(27)29)21-10-9-19-14-18(6-4-2)7-8-20(19)15-21/h3,5,11-12,16-21H,4,6-10,13-15H2,1-2H3. The van der Waals surface area contributed by atoms with E-state index in [0.29, 0.717) is 16.7 Å². The molecule has 0 bridgehead atoms. The molecule has 4 atom stereocenters. The molecule has 0 saturated heterocycles. The minimum atomic E-state index is -0.625. The summed E-state index contributed by atoms with van der Waals surface area (Å²) in [6, 6.07) is 7.29. The van der Waals surface area contributed by atoms with Gasteiger partial charge in [0.1, 0.15) is 6.61 Å². The van der Waals surface area contributed by atoms with E-state index in [1.165, 1.54) is 63.0 Å². The molecule has 4 rings (SSSR count). The molecule has 3 heteroatoms. The summed E-state index contributed by atoms with van der Waals surface area (Å²) in [5, 5.41) is 1.07. The van der Waals surface area contributed by atoms with Crippen molar-refractivity contribution in [1.29, 1.82) is 0 Å². The van der Waals surface area contributed by atoms with Crippen molar-refractivity contribution in [3.05, 3.63) is 53.6 Å². The SMILES string of the molecule is CC=CCOc1c(F)cc2cc(C3CCC4CC(CCC)CCC4C3)ccc2c1F. The Morgan fingerprint density at radius 1 is 1.03 bits per heavy atom. The highest BCUT2D eigenvalue weighted by Crippen LogP contribution is 2.48. The summed E-state index contributed by atoms with van der Waals surface area (Å²) in [4.78, 5) is 0. The summed E-state index contributed by atoms with van der Waals surface area (Å²) in [5.41, 5.74) is 1.23. The fourth-order valence-electron chi connectivity index (χ4n) is 5.90. The molecule has 2 aliphatic rings. The van der Waals surface area contributed by atoms with E-state index in [2.05, 4.69) is 6.92 Å². The molecule has 0 N–H and O–H groups in total. The molecule has 4 unspecified atom stereocenters. The zero-order valence-electron chi connectivity index (χ0n) is 18.3. The van der Waals surface area contributed by atoms with Crippen LogP contribution in [-0.2, 0) is 0 Å². The minimum absolute atomic E-state index is 0.164. The van der Waals surface area contributed by atoms with E-state index < -0.39 is 11.6 Å². The van der Waals surface area contributed by atoms with Crippen molar-refractivity contribution in [3.8, 4) is 5.75 Å². The Morgan fingerprint density at radius 3 is 2.63 bits per heavy atom. The number of rotatable bonds is 6. The Labute approximate surface area is 179 Å². The molecule has 162 valence electrons. The lowest BCUT2D eigenvalue weighted by atomic mass is 9.63. The molecule has 30 heavy (non-hydrogen) atoms. The summed E-state index contributed by atoms with van der Waals surface area (Å²) in [5.74, 6) is 1.65. The van der Waals surface area contributed by atoms with Crippen LogP contribution in [0.5, 0.6) is 5.75 Å². The molecule has 2 aromatic carbocycles. The van der Waals surface area contributed by atoms with Crippen molar-refractivity contribution in [2.45, 2.75) is 71.1 Å². The fourth-order valence-corrected chi connectivity index (χ4v) is 5.90. The number of ether oxygens (including phenoxy) is 1. The van der Waals surface area contributed by atoms with Crippen LogP contribution >= 0.6 is 0 Å². The third kappa shape index (κ3) is 4.40. The number of hydrogen-bond donors (Lipinski definition) is 0. The number of benzene rings is 2. The van der Waals surface area contributed by atoms with Crippen LogP contribution in [0.2, 0.25) is 0 Å². The third-order valence-corrected chi connectivity index (χ3v) is 7.46. The van der Waals surface area contributed by atoms with Gasteiger partial charge in [-0.2, -0.15) is 0 Å². The maximum atomic E-state index is 14.9. The molecule has 0 aliphatic heterocycles. The van der Waals surface area contributed by atoms with Gasteiger partial charge in [-0.3, -0.25) is 0 Å². The molecule has 0 amide bonds. The van der Waals surface area contributed by atoms with Gasteiger partial charge in [0.2, 0.25) is 0 Å². The maximum absolute atomic E-state index is 14.9. The Kier molecular flexibility index (Phi) is 6.75. The summed E-state index contributed by atoms with van der Waals surface area (Å²) < 4.78 is 34.7. The van der Waals surface area contributed by atoms with Crippen LogP contribution in [0.1, 0.15) is 76.7 Å². The van der Waals surface area contributed by atoms with Gasteiger partial charge < -0.3 is 4.74 Å². The van der Waals surface area contributed by atoms with Gasteiger partial charge in [-0.05, 0) is 79.7 Å². The minimum Gasteiger partial charge on any atom is -0.483 e. The first-order valence-corrected chi connectivity index (χ1v) is 11.8. The van der Waals surface area contributed by atoms with Crippen LogP contribution in [0.4, 0.5) is 8.78 Å². The average molecular weight is 413 g/mol. The Morgan fingerprint density at radius 2 is 1.83 bits per heavy atom. The predicted molar refractivity (Wildman–Crippen MR) is 120 cm³/mol. The van der Waals surface area contributed by atoms with Crippen LogP contribution in [-0.4, -0.2) is 6.61 Å². The first-order valence-electron chi connectivity index (χ1n) is 11.8. The molecule has 0 spiro atoms. The lowest BCUT2D eigenvalue weighted by Gasteiger charge is -2.42. The molecular formula is C27H34F2O. The first kappa shape index (κ1) is 21.3. The number of halogens is 2. The van der Waals surface area contributed by atoms with Gasteiger partial charge in [0, 0.05) is 5.39 Å². The number of allylic oxidation sites excluding steroid dienone is 1. The lowest BCUT2D eigenvalue weighted by Crippen LogP contribution is -2.30. The fraction of sp³-hybridized carbons (Fsp3) is 0.556. The maximum Gasteiger partial charge on any atom is 0.191 e. The van der Waals surface area contributed by atoms with Crippen LogP contribution in [0.3, 0.4) is 0 Å². The largest absolute Gasteiger partial charge is 0.483 e. The molecule has 2 fully saturated rings. The van der Waals surface area contributed by atoms with E-state index in [9.17, 15) is 8.78 Å². The van der Waals surface area contributed by atoms with Crippen molar-refractivity contribution >= 4 is 10.8 Å². The van der Waals surface area contributed by atoms with Gasteiger partial charge in [-0.1, -0.05) is 56.5 Å². The Hall–Kier alpha value is -1.90. The summed E-state index contributed by atoms with van der Waals surface area (Å²) in [6.07, 6.45) is 14.1. The second-order valence-electron chi connectivity index (χ2n) is 9.36. The van der Waals surface area contributed by atoms with Crippen LogP contribution < -0.4 is 4.74 Å². The van der Waals surface area contributed by atoms with E-state index in [-0.39, 0.29) is 12.4 Å². The highest BCUT2D eigenvalue weighted by atomic mass is 19.1. The van der Waals surface area contributed by atoms with E-state index in [4.69, 9.17) is 4.74 Å². The molecule has 2 aromatic rings. The van der Waals surface area contributed by atoms with E-state index in [0.717, 1.165) is 17.8 Å². The monoisotopic (exact) mass is 412 g/mol. The van der Waals surface area contributed by atoms with Crippen LogP contribution in [0, 0.1) is 29.4 Å². The highest BCUT2D eigenvalue weighted by molar-refractivity contribution is 5.85. The summed E-state index contributed by atoms with van der Waals surface area (Å²) >= 11 is 0. The van der Waals surface area contributed by atoms with E-state index in [1.807, 2.05) is 25.1 Å². The zero-order valence-corrected chi connectivity index (χ0v) is 18.3. The molecule has 2 aliphatic carbocycles. The molecule has 0 heterocycles. The van der Waals surface area contributed by atoms with Crippen molar-refractivity contribution in [2.75, 3.05) is 6.61 Å². The second-order valence-corrected chi connectivity index (χ2v) is 9.36. The van der Waals surface area contributed by atoms with Gasteiger partial charge in [0.25, 0.3) is 0 Å². The summed E-state index contributed by atoms with van der Waals surface area (Å²) in [7, 11) is 0. The van der Waals surface area contributed by atoms with Crippen LogP contribution in [0.25, 0.3) is 10.8 Å². The topological polar surface area (TPSA) is 9.23 Å². The molecule has 1 nitrogen and oxygen atoms in total. The van der Waals surface area contributed by atoms with Gasteiger partial charge in [0.05, 0.1) is 0 Å². The van der Waals surface area contributed by atoms with Crippen molar-refractivity contribution in [2.24, 2.45) is 17.8 Å². The molecule has 0 aromatic heterocycles. The zero-order chi connectivity index (χ0) is 21.1. The van der Waals surface area contributed by atoms with Crippen molar-refractivity contribution < 1.29 is 13.5 Å². The third-order valence-electron chi connectivity index (χ3n) is 7.46. The number of hydrogen-bond acceptors (Lipinski definition) is 1. The van der Waals surface area contributed by atoms with Gasteiger partial charge in [-0.15, -0.1) is 0 Å². The van der Waals surface area contributed by atoms with Gasteiger partial charge in [0.15, 0.2) is 17.4 Å². The quantitative estimate of drug-likeness (QED) is 0.435. The summed E-state index contributed by atoms with van der Waals surface area (Å²) in [6.45, 7) is 4.31. The van der Waals surface area contributed by atoms with E-state index >= 15 is 0 Å². The molecule has 2 saturated carbocycles. The predicted octanol–water partition coefficient (Wildman–Crippen LogP) is 8.17. The normalized spacial score (nSPS) is 26.8. The van der Waals surface area contributed by atoms with E-state index in [1.54, 1.807) is 12.2 Å². The molecule has 0 radical (unpaired) electrons. The van der Waals surface area contributed by atoms with Gasteiger partial charge in [-0.25, -0.2) is 8.78 Å². The van der Waals surface area contributed by atoms with Crippen molar-refractivity contribution in [1.82, 2.24) is 0 Å². The van der Waals surface area contributed by atoms with Gasteiger partial charge >= 0.3 is 0 Å². The first-order chi connectivity index (χ1) is 14.6. The Bertz CT molecular complexity index is 903. The van der Waals surface area contributed by atoms with Crippen LogP contribution in [0.15, 0.2) is 36.4 Å². The smallest absolute Gasteiger partial charge is 0.191 e. The molecular weight excluding hydrogens is 378 g/mol. The Balaban J connectivity index is 1.51. The lowest BCUT2D eigenvalue weighted by molar-refractivity contribution is 0.114.